The van der Waals surface area contributed by atoms with Crippen LogP contribution in [0.3, 0.4) is 0 Å². The molecule has 6 heteroatoms. The van der Waals surface area contributed by atoms with Crippen molar-refractivity contribution in [3.63, 3.8) is 0 Å². The lowest BCUT2D eigenvalue weighted by Crippen LogP contribution is -2.15. The zero-order valence-corrected chi connectivity index (χ0v) is 16.4. The Morgan fingerprint density at radius 3 is 2.54 bits per heavy atom. The molecular formula is C22H23N3O3. The van der Waals surface area contributed by atoms with Crippen molar-refractivity contribution < 1.29 is 14.3 Å². The lowest BCUT2D eigenvalue weighted by molar-refractivity contribution is 0.102. The van der Waals surface area contributed by atoms with Crippen molar-refractivity contribution in [2.75, 3.05) is 24.9 Å². The van der Waals surface area contributed by atoms with Crippen molar-refractivity contribution in [3.05, 3.63) is 71.4 Å². The maximum Gasteiger partial charge on any atom is 0.259 e. The summed E-state index contributed by atoms with van der Waals surface area (Å²) in [4.78, 5) is 17.3. The maximum atomic E-state index is 13.0. The minimum absolute atomic E-state index is 0.299. The Bertz CT molecular complexity index is 1000. The van der Waals surface area contributed by atoms with Crippen LogP contribution in [0.5, 0.6) is 11.5 Å². The number of hydrogen-bond acceptors (Lipinski definition) is 5. The minimum atomic E-state index is -0.299. The number of nitrogens with one attached hydrogen (secondary N) is 2. The van der Waals surface area contributed by atoms with E-state index in [0.29, 0.717) is 28.6 Å². The van der Waals surface area contributed by atoms with E-state index in [1.807, 2.05) is 32.0 Å². The number of benzene rings is 2. The van der Waals surface area contributed by atoms with Crippen LogP contribution in [0, 0.1) is 13.8 Å². The van der Waals surface area contributed by atoms with Crippen LogP contribution >= 0.6 is 0 Å². The highest BCUT2D eigenvalue weighted by Gasteiger charge is 2.16. The lowest BCUT2D eigenvalue weighted by Gasteiger charge is -2.15. The van der Waals surface area contributed by atoms with Crippen LogP contribution in [0.2, 0.25) is 0 Å². The molecule has 3 aromatic rings. The van der Waals surface area contributed by atoms with Gasteiger partial charge in [0.2, 0.25) is 0 Å². The molecule has 1 heterocycles. The van der Waals surface area contributed by atoms with E-state index in [9.17, 15) is 4.79 Å². The number of anilines is 3. The Hall–Kier alpha value is -3.54. The third-order valence-electron chi connectivity index (χ3n) is 4.56. The number of pyridine rings is 1. The number of nitrogens with zero attached hydrogens (tertiary/aromatic N) is 1. The highest BCUT2D eigenvalue weighted by molar-refractivity contribution is 6.08. The molecule has 0 radical (unpaired) electrons. The molecule has 28 heavy (non-hydrogen) atoms. The average Bonchev–Trinajstić information content (AvgIpc) is 2.71. The first kappa shape index (κ1) is 19.2. The molecule has 0 atom stereocenters. The number of methoxy groups -OCH3 is 2. The normalized spacial score (nSPS) is 10.3. The number of aryl methyl sites for hydroxylation is 1. The zero-order chi connectivity index (χ0) is 20.1. The van der Waals surface area contributed by atoms with E-state index in [2.05, 4.69) is 15.6 Å². The predicted molar refractivity (Wildman–Crippen MR) is 111 cm³/mol. The first-order valence-corrected chi connectivity index (χ1v) is 8.85. The van der Waals surface area contributed by atoms with Crippen molar-refractivity contribution in [3.8, 4) is 11.5 Å². The molecule has 0 aliphatic rings. The molecule has 2 aromatic carbocycles. The van der Waals surface area contributed by atoms with Crippen molar-refractivity contribution in [1.29, 1.82) is 0 Å². The van der Waals surface area contributed by atoms with E-state index in [-0.39, 0.29) is 5.91 Å². The quantitative estimate of drug-likeness (QED) is 0.651. The Kier molecular flexibility index (Phi) is 5.79. The highest BCUT2D eigenvalue weighted by Crippen LogP contribution is 2.30. The number of rotatable bonds is 6. The topological polar surface area (TPSA) is 72.5 Å². The predicted octanol–water partition coefficient (Wildman–Crippen LogP) is 4.71. The molecule has 2 N–H and O–H groups in total. The van der Waals surface area contributed by atoms with Gasteiger partial charge in [-0.05, 0) is 55.3 Å². The first-order valence-electron chi connectivity index (χ1n) is 8.85. The third kappa shape index (κ3) is 4.06. The second kappa shape index (κ2) is 8.43. The summed E-state index contributed by atoms with van der Waals surface area (Å²) in [5.74, 6) is 1.35. The number of ether oxygens (including phenoxy) is 2. The van der Waals surface area contributed by atoms with E-state index in [1.165, 1.54) is 0 Å². The molecular weight excluding hydrogens is 354 g/mol. The summed E-state index contributed by atoms with van der Waals surface area (Å²) in [5.41, 5.74) is 4.12. The Balaban J connectivity index is 1.91. The second-order valence-electron chi connectivity index (χ2n) is 6.29. The fraction of sp³-hybridized carbons (Fsp3) is 0.182. The molecule has 0 saturated carbocycles. The third-order valence-corrected chi connectivity index (χ3v) is 4.56. The summed E-state index contributed by atoms with van der Waals surface area (Å²) in [7, 11) is 3.12. The van der Waals surface area contributed by atoms with Crippen molar-refractivity contribution in [2.24, 2.45) is 0 Å². The van der Waals surface area contributed by atoms with Gasteiger partial charge in [-0.15, -0.1) is 0 Å². The molecule has 0 spiro atoms. The monoisotopic (exact) mass is 377 g/mol. The summed E-state index contributed by atoms with van der Waals surface area (Å²) in [6.07, 6.45) is 1.65. The molecule has 3 rings (SSSR count). The van der Waals surface area contributed by atoms with E-state index in [1.54, 1.807) is 50.7 Å². The fourth-order valence-electron chi connectivity index (χ4n) is 2.80. The maximum absolute atomic E-state index is 13.0. The van der Waals surface area contributed by atoms with Crippen LogP contribution < -0.4 is 20.1 Å². The first-order chi connectivity index (χ1) is 13.5. The van der Waals surface area contributed by atoms with Gasteiger partial charge in [0.15, 0.2) is 0 Å². The van der Waals surface area contributed by atoms with Gasteiger partial charge in [-0.2, -0.15) is 0 Å². The van der Waals surface area contributed by atoms with Crippen LogP contribution in [0.15, 0.2) is 54.7 Å². The lowest BCUT2D eigenvalue weighted by atomic mass is 10.1. The van der Waals surface area contributed by atoms with Gasteiger partial charge in [0.25, 0.3) is 5.91 Å². The van der Waals surface area contributed by atoms with Crippen LogP contribution in [-0.2, 0) is 0 Å². The number of carbonyl (C=O) groups excluding carboxylic acids is 1. The second-order valence-corrected chi connectivity index (χ2v) is 6.29. The summed E-state index contributed by atoms with van der Waals surface area (Å²) in [6.45, 7) is 4.07. The van der Waals surface area contributed by atoms with Gasteiger partial charge in [0.1, 0.15) is 17.3 Å². The molecule has 0 bridgehead atoms. The Morgan fingerprint density at radius 2 is 1.79 bits per heavy atom. The van der Waals surface area contributed by atoms with Gasteiger partial charge in [-0.1, -0.05) is 12.1 Å². The summed E-state index contributed by atoms with van der Waals surface area (Å²) < 4.78 is 10.6. The number of carbonyl (C=O) groups is 1. The van der Waals surface area contributed by atoms with E-state index in [0.717, 1.165) is 16.8 Å². The summed E-state index contributed by atoms with van der Waals surface area (Å²) in [5, 5.41) is 6.15. The van der Waals surface area contributed by atoms with Gasteiger partial charge < -0.3 is 20.1 Å². The molecule has 1 aromatic heterocycles. The number of aromatic nitrogens is 1. The summed E-state index contributed by atoms with van der Waals surface area (Å²) in [6, 6.07) is 14.7. The number of hydrogen-bond donors (Lipinski definition) is 2. The van der Waals surface area contributed by atoms with E-state index < -0.39 is 0 Å². The van der Waals surface area contributed by atoms with Gasteiger partial charge in [0.05, 0.1) is 25.5 Å². The van der Waals surface area contributed by atoms with Gasteiger partial charge in [0, 0.05) is 18.0 Å². The standard InChI is InChI=1S/C22H23N3O3/c1-14-7-5-9-18(15(14)2)24-21-17(8-6-12-23-21)22(26)25-19-13-16(27-3)10-11-20(19)28-4/h5-13H,1-4H3,(H,23,24)(H,25,26). The van der Waals surface area contributed by atoms with Gasteiger partial charge >= 0.3 is 0 Å². The van der Waals surface area contributed by atoms with Gasteiger partial charge in [-0.25, -0.2) is 4.98 Å². The molecule has 0 unspecified atom stereocenters. The van der Waals surface area contributed by atoms with Crippen molar-refractivity contribution >= 4 is 23.1 Å². The highest BCUT2D eigenvalue weighted by atomic mass is 16.5. The van der Waals surface area contributed by atoms with Gasteiger partial charge in [-0.3, -0.25) is 4.79 Å². The van der Waals surface area contributed by atoms with E-state index in [4.69, 9.17) is 9.47 Å². The summed E-state index contributed by atoms with van der Waals surface area (Å²) >= 11 is 0. The molecule has 0 aliphatic carbocycles. The Labute approximate surface area is 164 Å². The average molecular weight is 377 g/mol. The molecule has 0 fully saturated rings. The van der Waals surface area contributed by atoms with Crippen LogP contribution in [0.25, 0.3) is 0 Å². The van der Waals surface area contributed by atoms with Crippen molar-refractivity contribution in [2.45, 2.75) is 13.8 Å². The SMILES string of the molecule is COc1ccc(OC)c(NC(=O)c2cccnc2Nc2cccc(C)c2C)c1. The van der Waals surface area contributed by atoms with Crippen LogP contribution in [0.1, 0.15) is 21.5 Å². The Morgan fingerprint density at radius 1 is 0.964 bits per heavy atom. The largest absolute Gasteiger partial charge is 0.497 e. The molecule has 6 nitrogen and oxygen atoms in total. The fourth-order valence-corrected chi connectivity index (χ4v) is 2.80. The molecule has 0 saturated heterocycles. The van der Waals surface area contributed by atoms with Crippen molar-refractivity contribution in [1.82, 2.24) is 4.98 Å². The van der Waals surface area contributed by atoms with Crippen LogP contribution in [-0.4, -0.2) is 25.1 Å². The zero-order valence-electron chi connectivity index (χ0n) is 16.4. The molecule has 0 aliphatic heterocycles. The number of amides is 1. The minimum Gasteiger partial charge on any atom is -0.497 e. The van der Waals surface area contributed by atoms with E-state index >= 15 is 0 Å². The smallest absolute Gasteiger partial charge is 0.259 e. The molecule has 1 amide bonds. The molecule has 144 valence electrons. The van der Waals surface area contributed by atoms with Crippen LogP contribution in [0.4, 0.5) is 17.2 Å².